The standard InChI is InChI=1S/C15H32N2OS/c1-6-13(7-2)17(11-12-18-5)10-8-9-15(3,4)14(16)19/h13H,6-12H2,1-5H3,(H2,16,19). The van der Waals surface area contributed by atoms with E-state index in [1.165, 1.54) is 12.8 Å². The molecule has 0 saturated carbocycles. The van der Waals surface area contributed by atoms with E-state index in [0.717, 1.165) is 32.5 Å². The van der Waals surface area contributed by atoms with E-state index < -0.39 is 0 Å². The molecule has 0 aliphatic heterocycles. The van der Waals surface area contributed by atoms with Crippen molar-refractivity contribution in [3.8, 4) is 0 Å². The van der Waals surface area contributed by atoms with Crippen molar-refractivity contribution in [3.05, 3.63) is 0 Å². The third-order valence-electron chi connectivity index (χ3n) is 3.96. The van der Waals surface area contributed by atoms with E-state index in [9.17, 15) is 0 Å². The lowest BCUT2D eigenvalue weighted by Crippen LogP contribution is -2.38. The normalized spacial score (nSPS) is 12.4. The molecule has 0 rings (SSSR count). The summed E-state index contributed by atoms with van der Waals surface area (Å²) in [7, 11) is 1.76. The quantitative estimate of drug-likeness (QED) is 0.593. The number of nitrogens with zero attached hydrogens (tertiary/aromatic N) is 1. The van der Waals surface area contributed by atoms with Gasteiger partial charge in [0.2, 0.25) is 0 Å². The lowest BCUT2D eigenvalue weighted by molar-refractivity contribution is 0.112. The van der Waals surface area contributed by atoms with Crippen LogP contribution in [0.2, 0.25) is 0 Å². The molecule has 0 aromatic rings. The van der Waals surface area contributed by atoms with E-state index in [1.54, 1.807) is 7.11 Å². The second kappa shape index (κ2) is 9.67. The molecule has 0 amide bonds. The number of hydrogen-bond donors (Lipinski definition) is 1. The molecule has 0 aromatic heterocycles. The molecule has 0 saturated heterocycles. The molecular formula is C15H32N2OS. The zero-order valence-corrected chi connectivity index (χ0v) is 14.2. The molecule has 0 spiro atoms. The summed E-state index contributed by atoms with van der Waals surface area (Å²) in [6.07, 6.45) is 4.56. The van der Waals surface area contributed by atoms with Crippen LogP contribution in [0.5, 0.6) is 0 Å². The lowest BCUT2D eigenvalue weighted by Gasteiger charge is -2.31. The molecule has 0 heterocycles. The summed E-state index contributed by atoms with van der Waals surface area (Å²) < 4.78 is 5.21. The van der Waals surface area contributed by atoms with Gasteiger partial charge in [-0.05, 0) is 32.2 Å². The first kappa shape index (κ1) is 18.8. The maximum atomic E-state index is 5.78. The van der Waals surface area contributed by atoms with E-state index >= 15 is 0 Å². The first-order valence-electron chi connectivity index (χ1n) is 7.41. The van der Waals surface area contributed by atoms with Crippen molar-refractivity contribution in [2.45, 2.75) is 59.4 Å². The number of nitrogens with two attached hydrogens (primary N) is 1. The molecular weight excluding hydrogens is 256 g/mol. The minimum Gasteiger partial charge on any atom is -0.393 e. The van der Waals surface area contributed by atoms with Crippen LogP contribution >= 0.6 is 12.2 Å². The number of thiocarbonyl (C=S) groups is 1. The Balaban J connectivity index is 4.29. The average Bonchev–Trinajstić information content (AvgIpc) is 2.36. The Morgan fingerprint density at radius 2 is 1.84 bits per heavy atom. The third-order valence-corrected chi connectivity index (χ3v) is 4.51. The van der Waals surface area contributed by atoms with E-state index in [4.69, 9.17) is 22.7 Å². The van der Waals surface area contributed by atoms with Crippen LogP contribution in [0.15, 0.2) is 0 Å². The van der Waals surface area contributed by atoms with Crippen LogP contribution in [0, 0.1) is 5.41 Å². The van der Waals surface area contributed by atoms with Gasteiger partial charge in [0, 0.05) is 25.1 Å². The van der Waals surface area contributed by atoms with Crippen LogP contribution in [0.25, 0.3) is 0 Å². The Morgan fingerprint density at radius 1 is 1.26 bits per heavy atom. The fourth-order valence-corrected chi connectivity index (χ4v) is 2.44. The monoisotopic (exact) mass is 288 g/mol. The number of ether oxygens (including phenoxy) is 1. The van der Waals surface area contributed by atoms with Crippen molar-refractivity contribution in [2.24, 2.45) is 11.1 Å². The summed E-state index contributed by atoms with van der Waals surface area (Å²) >= 11 is 5.12. The first-order valence-corrected chi connectivity index (χ1v) is 7.82. The third kappa shape index (κ3) is 7.23. The molecule has 0 aliphatic rings. The van der Waals surface area contributed by atoms with Crippen molar-refractivity contribution in [2.75, 3.05) is 26.8 Å². The molecule has 19 heavy (non-hydrogen) atoms. The highest BCUT2D eigenvalue weighted by Gasteiger charge is 2.22. The van der Waals surface area contributed by atoms with Gasteiger partial charge >= 0.3 is 0 Å². The van der Waals surface area contributed by atoms with Crippen LogP contribution in [-0.2, 0) is 4.74 Å². The second-order valence-electron chi connectivity index (χ2n) is 5.85. The fraction of sp³-hybridized carbons (Fsp3) is 0.933. The minimum absolute atomic E-state index is 0.0316. The van der Waals surface area contributed by atoms with Gasteiger partial charge in [0.05, 0.1) is 11.6 Å². The zero-order chi connectivity index (χ0) is 14.9. The second-order valence-corrected chi connectivity index (χ2v) is 6.29. The van der Waals surface area contributed by atoms with Crippen LogP contribution in [-0.4, -0.2) is 42.7 Å². The molecule has 0 aliphatic carbocycles. The molecule has 0 aromatic carbocycles. The number of methoxy groups -OCH3 is 1. The van der Waals surface area contributed by atoms with Crippen molar-refractivity contribution in [1.29, 1.82) is 0 Å². The van der Waals surface area contributed by atoms with E-state index in [-0.39, 0.29) is 5.41 Å². The van der Waals surface area contributed by atoms with Crippen LogP contribution in [0.1, 0.15) is 53.4 Å². The largest absolute Gasteiger partial charge is 0.393 e. The minimum atomic E-state index is -0.0316. The molecule has 2 N–H and O–H groups in total. The van der Waals surface area contributed by atoms with Crippen molar-refractivity contribution in [3.63, 3.8) is 0 Å². The van der Waals surface area contributed by atoms with Gasteiger partial charge in [-0.3, -0.25) is 4.90 Å². The Morgan fingerprint density at radius 3 is 2.26 bits per heavy atom. The van der Waals surface area contributed by atoms with Crippen LogP contribution < -0.4 is 5.73 Å². The highest BCUT2D eigenvalue weighted by molar-refractivity contribution is 7.80. The Labute approximate surface area is 124 Å². The Hall–Kier alpha value is -0.190. The van der Waals surface area contributed by atoms with Gasteiger partial charge < -0.3 is 10.5 Å². The average molecular weight is 289 g/mol. The van der Waals surface area contributed by atoms with E-state index in [0.29, 0.717) is 11.0 Å². The predicted octanol–water partition coefficient (Wildman–Crippen LogP) is 3.22. The van der Waals surface area contributed by atoms with E-state index in [1.807, 2.05) is 0 Å². The van der Waals surface area contributed by atoms with Gasteiger partial charge in [0.15, 0.2) is 0 Å². The maximum absolute atomic E-state index is 5.78. The van der Waals surface area contributed by atoms with Gasteiger partial charge in [-0.1, -0.05) is 39.9 Å². The molecule has 0 bridgehead atoms. The van der Waals surface area contributed by atoms with Crippen molar-refractivity contribution in [1.82, 2.24) is 4.90 Å². The van der Waals surface area contributed by atoms with Gasteiger partial charge in [-0.15, -0.1) is 0 Å². The lowest BCUT2D eigenvalue weighted by atomic mass is 9.87. The molecule has 4 heteroatoms. The van der Waals surface area contributed by atoms with Gasteiger partial charge in [0.1, 0.15) is 0 Å². The van der Waals surface area contributed by atoms with Gasteiger partial charge in [-0.2, -0.15) is 0 Å². The summed E-state index contributed by atoms with van der Waals surface area (Å²) in [5.41, 5.74) is 5.75. The molecule has 114 valence electrons. The summed E-state index contributed by atoms with van der Waals surface area (Å²) in [6.45, 7) is 11.7. The van der Waals surface area contributed by atoms with Crippen LogP contribution in [0.4, 0.5) is 0 Å². The Kier molecular flexibility index (Phi) is 9.58. The molecule has 0 fully saturated rings. The highest BCUT2D eigenvalue weighted by atomic mass is 32.1. The Bertz CT molecular complexity index is 253. The van der Waals surface area contributed by atoms with Crippen molar-refractivity contribution < 1.29 is 4.74 Å². The van der Waals surface area contributed by atoms with Crippen molar-refractivity contribution >= 4 is 17.2 Å². The first-order chi connectivity index (χ1) is 8.88. The molecule has 3 nitrogen and oxygen atoms in total. The maximum Gasteiger partial charge on any atom is 0.0784 e. The smallest absolute Gasteiger partial charge is 0.0784 e. The summed E-state index contributed by atoms with van der Waals surface area (Å²) in [5, 5.41) is 0. The SMILES string of the molecule is CCC(CC)N(CCCC(C)(C)C(N)=S)CCOC. The van der Waals surface area contributed by atoms with E-state index in [2.05, 4.69) is 32.6 Å². The number of hydrogen-bond acceptors (Lipinski definition) is 3. The number of rotatable bonds is 11. The summed E-state index contributed by atoms with van der Waals surface area (Å²) in [5.74, 6) is 0. The summed E-state index contributed by atoms with van der Waals surface area (Å²) in [4.78, 5) is 3.16. The van der Waals surface area contributed by atoms with Gasteiger partial charge in [0.25, 0.3) is 0 Å². The zero-order valence-electron chi connectivity index (χ0n) is 13.4. The molecule has 0 unspecified atom stereocenters. The fourth-order valence-electron chi connectivity index (χ4n) is 2.34. The van der Waals surface area contributed by atoms with Gasteiger partial charge in [-0.25, -0.2) is 0 Å². The van der Waals surface area contributed by atoms with Crippen LogP contribution in [0.3, 0.4) is 0 Å². The highest BCUT2D eigenvalue weighted by Crippen LogP contribution is 2.23. The predicted molar refractivity (Wildman–Crippen MR) is 87.6 cm³/mol. The molecule has 0 atom stereocenters. The molecule has 0 radical (unpaired) electrons. The topological polar surface area (TPSA) is 38.5 Å². The summed E-state index contributed by atoms with van der Waals surface area (Å²) in [6, 6.07) is 0.656.